The van der Waals surface area contributed by atoms with Crippen LogP contribution >= 0.6 is 0 Å². The average Bonchev–Trinajstić information content (AvgIpc) is 3.40. The molecule has 2 heterocycles. The van der Waals surface area contributed by atoms with E-state index in [0.717, 1.165) is 22.8 Å². The standard InChI is InChI=1S/C20H17N5O2/c26-20(22-16-7-4-8-17(13-16)25-14-21-23-24-25)12-10-18-9-11-19(27-18)15-5-2-1-3-6-15/h1-9,11,13-14H,10,12H2,(H,22,26). The fourth-order valence-electron chi connectivity index (χ4n) is 2.74. The molecule has 2 aromatic heterocycles. The normalized spacial score (nSPS) is 10.7. The molecule has 7 heteroatoms. The minimum atomic E-state index is -0.0819. The number of furan rings is 1. The van der Waals surface area contributed by atoms with E-state index >= 15 is 0 Å². The van der Waals surface area contributed by atoms with Crippen molar-refractivity contribution >= 4 is 11.6 Å². The van der Waals surface area contributed by atoms with Crippen LogP contribution in [0, 0.1) is 0 Å². The topological polar surface area (TPSA) is 85.8 Å². The van der Waals surface area contributed by atoms with Crippen molar-refractivity contribution in [3.8, 4) is 17.0 Å². The van der Waals surface area contributed by atoms with Crippen LogP contribution in [0.4, 0.5) is 5.69 Å². The molecule has 0 fully saturated rings. The van der Waals surface area contributed by atoms with E-state index in [1.165, 1.54) is 11.0 Å². The molecule has 0 saturated carbocycles. The summed E-state index contributed by atoms with van der Waals surface area (Å²) in [4.78, 5) is 12.3. The minimum Gasteiger partial charge on any atom is -0.461 e. The second kappa shape index (κ2) is 7.65. The number of aromatic nitrogens is 4. The fraction of sp³-hybridized carbons (Fsp3) is 0.100. The third-order valence-corrected chi connectivity index (χ3v) is 4.06. The summed E-state index contributed by atoms with van der Waals surface area (Å²) in [6, 6.07) is 21.1. The molecule has 0 bridgehead atoms. The number of anilines is 1. The van der Waals surface area contributed by atoms with Gasteiger partial charge in [0.25, 0.3) is 0 Å². The first-order chi connectivity index (χ1) is 13.3. The Hall–Kier alpha value is -3.74. The number of nitrogens with zero attached hydrogens (tertiary/aromatic N) is 4. The molecular formula is C20H17N5O2. The molecule has 4 aromatic rings. The molecule has 1 amide bonds. The van der Waals surface area contributed by atoms with Gasteiger partial charge in [-0.3, -0.25) is 4.79 Å². The first-order valence-corrected chi connectivity index (χ1v) is 8.55. The van der Waals surface area contributed by atoms with Gasteiger partial charge >= 0.3 is 0 Å². The van der Waals surface area contributed by atoms with E-state index in [2.05, 4.69) is 20.8 Å². The number of nitrogens with one attached hydrogen (secondary N) is 1. The number of rotatable bonds is 6. The first-order valence-electron chi connectivity index (χ1n) is 8.55. The van der Waals surface area contributed by atoms with Crippen LogP contribution in [0.15, 0.2) is 77.5 Å². The lowest BCUT2D eigenvalue weighted by atomic mass is 10.2. The molecule has 1 N–H and O–H groups in total. The van der Waals surface area contributed by atoms with Crippen molar-refractivity contribution in [3.63, 3.8) is 0 Å². The Morgan fingerprint density at radius 1 is 1.04 bits per heavy atom. The molecule has 0 aliphatic rings. The number of carbonyl (C=O) groups is 1. The Balaban J connectivity index is 1.35. The van der Waals surface area contributed by atoms with E-state index in [0.29, 0.717) is 18.5 Å². The number of benzene rings is 2. The summed E-state index contributed by atoms with van der Waals surface area (Å²) in [6.45, 7) is 0. The Labute approximate surface area is 155 Å². The third kappa shape index (κ3) is 4.09. The molecule has 0 aliphatic heterocycles. The van der Waals surface area contributed by atoms with Crippen molar-refractivity contribution in [2.75, 3.05) is 5.32 Å². The molecule has 0 atom stereocenters. The van der Waals surface area contributed by atoms with Crippen LogP contribution in [0.2, 0.25) is 0 Å². The third-order valence-electron chi connectivity index (χ3n) is 4.06. The maximum atomic E-state index is 12.3. The van der Waals surface area contributed by atoms with E-state index in [1.807, 2.05) is 66.7 Å². The smallest absolute Gasteiger partial charge is 0.224 e. The van der Waals surface area contributed by atoms with E-state index in [1.54, 1.807) is 0 Å². The highest BCUT2D eigenvalue weighted by Crippen LogP contribution is 2.22. The van der Waals surface area contributed by atoms with Crippen molar-refractivity contribution < 1.29 is 9.21 Å². The van der Waals surface area contributed by atoms with Gasteiger partial charge in [0, 0.05) is 24.1 Å². The van der Waals surface area contributed by atoms with E-state index < -0.39 is 0 Å². The highest BCUT2D eigenvalue weighted by atomic mass is 16.3. The maximum absolute atomic E-state index is 12.3. The van der Waals surface area contributed by atoms with Crippen molar-refractivity contribution in [2.45, 2.75) is 12.8 Å². The van der Waals surface area contributed by atoms with Crippen LogP contribution in [-0.2, 0) is 11.2 Å². The van der Waals surface area contributed by atoms with Crippen molar-refractivity contribution in [3.05, 3.63) is 78.8 Å². The molecule has 2 aromatic carbocycles. The van der Waals surface area contributed by atoms with Crippen molar-refractivity contribution in [2.24, 2.45) is 0 Å². The molecule has 0 spiro atoms. The largest absolute Gasteiger partial charge is 0.461 e. The lowest BCUT2D eigenvalue weighted by Crippen LogP contribution is -2.12. The van der Waals surface area contributed by atoms with Crippen molar-refractivity contribution in [1.82, 2.24) is 20.2 Å². The predicted molar refractivity (Wildman–Crippen MR) is 100 cm³/mol. The zero-order valence-corrected chi connectivity index (χ0v) is 14.4. The summed E-state index contributed by atoms with van der Waals surface area (Å²) < 4.78 is 7.36. The van der Waals surface area contributed by atoms with Crippen LogP contribution in [-0.4, -0.2) is 26.1 Å². The van der Waals surface area contributed by atoms with Gasteiger partial charge in [0.15, 0.2) is 0 Å². The highest BCUT2D eigenvalue weighted by molar-refractivity contribution is 5.91. The van der Waals surface area contributed by atoms with Gasteiger partial charge in [0.2, 0.25) is 5.91 Å². The van der Waals surface area contributed by atoms with Crippen LogP contribution in [0.5, 0.6) is 0 Å². The molecular weight excluding hydrogens is 342 g/mol. The quantitative estimate of drug-likeness (QED) is 0.569. The van der Waals surface area contributed by atoms with Gasteiger partial charge < -0.3 is 9.73 Å². The second-order valence-electron chi connectivity index (χ2n) is 5.98. The summed E-state index contributed by atoms with van der Waals surface area (Å²) in [5, 5.41) is 14.0. The zero-order chi connectivity index (χ0) is 18.5. The second-order valence-corrected chi connectivity index (χ2v) is 5.98. The van der Waals surface area contributed by atoms with Gasteiger partial charge in [-0.05, 0) is 40.8 Å². The van der Waals surface area contributed by atoms with Crippen LogP contribution in [0.25, 0.3) is 17.0 Å². The van der Waals surface area contributed by atoms with Gasteiger partial charge in [-0.25, -0.2) is 4.68 Å². The monoisotopic (exact) mass is 359 g/mol. The van der Waals surface area contributed by atoms with Crippen LogP contribution in [0.1, 0.15) is 12.2 Å². The summed E-state index contributed by atoms with van der Waals surface area (Å²) in [5.41, 5.74) is 2.49. The van der Waals surface area contributed by atoms with Gasteiger partial charge in [-0.2, -0.15) is 0 Å². The number of hydrogen-bond acceptors (Lipinski definition) is 5. The Bertz CT molecular complexity index is 1030. The van der Waals surface area contributed by atoms with E-state index in [9.17, 15) is 4.79 Å². The maximum Gasteiger partial charge on any atom is 0.224 e. The average molecular weight is 359 g/mol. The van der Waals surface area contributed by atoms with Crippen molar-refractivity contribution in [1.29, 1.82) is 0 Å². The minimum absolute atomic E-state index is 0.0819. The Kier molecular flexibility index (Phi) is 4.74. The SMILES string of the molecule is O=C(CCc1ccc(-c2ccccc2)o1)Nc1cccc(-n2cnnn2)c1. The predicted octanol–water partition coefficient (Wildman–Crippen LogP) is 3.49. The molecule has 134 valence electrons. The first kappa shape index (κ1) is 16.7. The molecule has 7 nitrogen and oxygen atoms in total. The Morgan fingerprint density at radius 2 is 1.93 bits per heavy atom. The van der Waals surface area contributed by atoms with Gasteiger partial charge in [0.05, 0.1) is 5.69 Å². The number of aryl methyl sites for hydroxylation is 1. The van der Waals surface area contributed by atoms with Gasteiger partial charge in [0.1, 0.15) is 17.8 Å². The summed E-state index contributed by atoms with van der Waals surface area (Å²) in [5.74, 6) is 1.51. The number of hydrogen-bond donors (Lipinski definition) is 1. The van der Waals surface area contributed by atoms with E-state index in [-0.39, 0.29) is 5.91 Å². The number of amides is 1. The lowest BCUT2D eigenvalue weighted by Gasteiger charge is -2.06. The van der Waals surface area contributed by atoms with Crippen LogP contribution in [0.3, 0.4) is 0 Å². The molecule has 0 saturated heterocycles. The summed E-state index contributed by atoms with van der Waals surface area (Å²) in [6.07, 6.45) is 2.37. The van der Waals surface area contributed by atoms with Crippen LogP contribution < -0.4 is 5.32 Å². The Morgan fingerprint density at radius 3 is 2.74 bits per heavy atom. The molecule has 27 heavy (non-hydrogen) atoms. The molecule has 0 radical (unpaired) electrons. The lowest BCUT2D eigenvalue weighted by molar-refractivity contribution is -0.116. The number of carbonyl (C=O) groups excluding carboxylic acids is 1. The molecule has 0 aliphatic carbocycles. The molecule has 4 rings (SSSR count). The zero-order valence-electron chi connectivity index (χ0n) is 14.4. The summed E-state index contributed by atoms with van der Waals surface area (Å²) in [7, 11) is 0. The van der Waals surface area contributed by atoms with Gasteiger partial charge in [-0.1, -0.05) is 36.4 Å². The molecule has 0 unspecified atom stereocenters. The summed E-state index contributed by atoms with van der Waals surface area (Å²) >= 11 is 0. The van der Waals surface area contributed by atoms with Gasteiger partial charge in [-0.15, -0.1) is 5.10 Å². The fourth-order valence-corrected chi connectivity index (χ4v) is 2.74. The van der Waals surface area contributed by atoms with E-state index in [4.69, 9.17) is 4.42 Å². The highest BCUT2D eigenvalue weighted by Gasteiger charge is 2.08. The number of tetrazole rings is 1.